The van der Waals surface area contributed by atoms with E-state index in [4.69, 9.17) is 11.6 Å². The Labute approximate surface area is 207 Å². The molecule has 196 valence electrons. The van der Waals surface area contributed by atoms with E-state index in [1.807, 2.05) is 0 Å². The van der Waals surface area contributed by atoms with Crippen LogP contribution in [0.1, 0.15) is 59.8 Å². The third-order valence-electron chi connectivity index (χ3n) is 7.32. The van der Waals surface area contributed by atoms with Crippen molar-refractivity contribution in [2.24, 2.45) is 5.92 Å². The van der Waals surface area contributed by atoms with Gasteiger partial charge in [-0.15, -0.1) is 0 Å². The fraction of sp³-hybridized carbons (Fsp3) is 0.609. The molecule has 3 aliphatic rings. The number of halogens is 6. The first-order chi connectivity index (χ1) is 16.8. The number of alkyl halides is 5. The molecule has 13 heteroatoms. The van der Waals surface area contributed by atoms with Crippen LogP contribution in [0.3, 0.4) is 0 Å². The quantitative estimate of drug-likeness (QED) is 0.602. The molecule has 3 heterocycles. The Hall–Kier alpha value is -2.47. The van der Waals surface area contributed by atoms with Gasteiger partial charge in [0.15, 0.2) is 5.69 Å². The van der Waals surface area contributed by atoms with Crippen LogP contribution in [0.5, 0.6) is 0 Å². The van der Waals surface area contributed by atoms with Crippen LogP contribution in [0.4, 0.5) is 22.0 Å². The first kappa shape index (κ1) is 25.2. The van der Waals surface area contributed by atoms with Crippen molar-refractivity contribution in [3.63, 3.8) is 0 Å². The predicted molar refractivity (Wildman–Crippen MR) is 118 cm³/mol. The standard InChI is InChI=1S/C23H24ClF5N4O3/c24-19-16-7-13(15-9-22(15,25)26)8-17(23(27,28)29)33(16)30-20(19)21(36)32-6-5-31(18(35)11-32)10-12-1-3-14(34)4-2-12/h7-8,12,14-15,34H,1-6,9-11H2. The van der Waals surface area contributed by atoms with Crippen LogP contribution >= 0.6 is 11.6 Å². The molecule has 0 aromatic carbocycles. The van der Waals surface area contributed by atoms with Crippen molar-refractivity contribution in [2.45, 2.75) is 56.2 Å². The van der Waals surface area contributed by atoms with Crippen LogP contribution < -0.4 is 0 Å². The van der Waals surface area contributed by atoms with Crippen molar-refractivity contribution >= 4 is 28.9 Å². The number of hydrogen-bond acceptors (Lipinski definition) is 4. The van der Waals surface area contributed by atoms with Gasteiger partial charge in [-0.1, -0.05) is 11.6 Å². The van der Waals surface area contributed by atoms with E-state index >= 15 is 0 Å². The first-order valence-electron chi connectivity index (χ1n) is 11.8. The second-order valence-electron chi connectivity index (χ2n) is 9.89. The molecule has 2 amide bonds. The van der Waals surface area contributed by atoms with E-state index in [9.17, 15) is 36.6 Å². The molecule has 7 nitrogen and oxygen atoms in total. The molecule has 2 aromatic rings. The molecule has 1 unspecified atom stereocenters. The summed E-state index contributed by atoms with van der Waals surface area (Å²) in [6, 6.07) is 1.72. The van der Waals surface area contributed by atoms with Crippen molar-refractivity contribution in [3.8, 4) is 0 Å². The third-order valence-corrected chi connectivity index (χ3v) is 7.69. The molecule has 1 atom stereocenters. The largest absolute Gasteiger partial charge is 0.433 e. The van der Waals surface area contributed by atoms with Gasteiger partial charge in [0.1, 0.15) is 12.2 Å². The van der Waals surface area contributed by atoms with E-state index in [1.165, 1.54) is 4.90 Å². The summed E-state index contributed by atoms with van der Waals surface area (Å²) in [6.45, 7) is 0.648. The lowest BCUT2D eigenvalue weighted by Crippen LogP contribution is -2.53. The van der Waals surface area contributed by atoms with Gasteiger partial charge in [-0.05, 0) is 49.3 Å². The number of amides is 2. The normalized spacial score (nSPS) is 26.5. The van der Waals surface area contributed by atoms with E-state index in [-0.39, 0.29) is 53.7 Å². The third kappa shape index (κ3) is 4.65. The molecule has 2 saturated carbocycles. The summed E-state index contributed by atoms with van der Waals surface area (Å²) in [6.07, 6.45) is -2.82. The number of pyridine rings is 1. The molecule has 1 N–H and O–H groups in total. The second-order valence-corrected chi connectivity index (χ2v) is 10.3. The molecule has 1 aliphatic heterocycles. The average molecular weight is 535 g/mol. The van der Waals surface area contributed by atoms with E-state index < -0.39 is 41.7 Å². The van der Waals surface area contributed by atoms with Crippen LogP contribution in [-0.4, -0.2) is 74.5 Å². The highest BCUT2D eigenvalue weighted by Gasteiger charge is 2.58. The number of nitrogens with zero attached hydrogens (tertiary/aromatic N) is 4. The zero-order valence-electron chi connectivity index (χ0n) is 19.1. The highest BCUT2D eigenvalue weighted by molar-refractivity contribution is 6.36. The van der Waals surface area contributed by atoms with Crippen LogP contribution in [0.2, 0.25) is 5.02 Å². The van der Waals surface area contributed by atoms with Crippen molar-refractivity contribution in [1.82, 2.24) is 19.4 Å². The van der Waals surface area contributed by atoms with Gasteiger partial charge in [-0.25, -0.2) is 13.3 Å². The Morgan fingerprint density at radius 3 is 2.42 bits per heavy atom. The van der Waals surface area contributed by atoms with E-state index in [0.717, 1.165) is 18.9 Å². The van der Waals surface area contributed by atoms with Crippen molar-refractivity contribution in [2.75, 3.05) is 26.2 Å². The summed E-state index contributed by atoms with van der Waals surface area (Å²) in [5.74, 6) is -5.28. The van der Waals surface area contributed by atoms with Crippen molar-refractivity contribution in [3.05, 3.63) is 34.1 Å². The molecule has 2 aromatic heterocycles. The van der Waals surface area contributed by atoms with E-state index in [0.29, 0.717) is 30.0 Å². The van der Waals surface area contributed by atoms with Crippen LogP contribution in [-0.2, 0) is 11.0 Å². The van der Waals surface area contributed by atoms with E-state index in [1.54, 1.807) is 4.90 Å². The number of carbonyl (C=O) groups excluding carboxylic acids is 2. The summed E-state index contributed by atoms with van der Waals surface area (Å²) in [5.41, 5.74) is -2.29. The minimum Gasteiger partial charge on any atom is -0.393 e. The lowest BCUT2D eigenvalue weighted by atomic mass is 9.87. The zero-order valence-corrected chi connectivity index (χ0v) is 19.8. The summed E-state index contributed by atoms with van der Waals surface area (Å²) < 4.78 is 68.8. The summed E-state index contributed by atoms with van der Waals surface area (Å²) in [4.78, 5) is 28.7. The number of hydrogen-bond donors (Lipinski definition) is 1. The number of piperazine rings is 1. The Balaban J connectivity index is 1.36. The molecule has 0 bridgehead atoms. The number of rotatable bonds is 4. The predicted octanol–water partition coefficient (Wildman–Crippen LogP) is 3.96. The fourth-order valence-corrected chi connectivity index (χ4v) is 5.37. The number of aliphatic hydroxyl groups is 1. The summed E-state index contributed by atoms with van der Waals surface area (Å²) in [5, 5.41) is 13.1. The molecular weight excluding hydrogens is 511 g/mol. The lowest BCUT2D eigenvalue weighted by Gasteiger charge is -2.37. The second kappa shape index (κ2) is 8.83. The van der Waals surface area contributed by atoms with Gasteiger partial charge in [-0.2, -0.15) is 18.3 Å². The molecule has 36 heavy (non-hydrogen) atoms. The Kier molecular flexibility index (Phi) is 6.18. The smallest absolute Gasteiger partial charge is 0.393 e. The Morgan fingerprint density at radius 2 is 1.83 bits per heavy atom. The topological polar surface area (TPSA) is 78.2 Å². The molecule has 2 aliphatic carbocycles. The van der Waals surface area contributed by atoms with Crippen molar-refractivity contribution in [1.29, 1.82) is 0 Å². The highest BCUT2D eigenvalue weighted by Crippen LogP contribution is 2.56. The molecule has 0 radical (unpaired) electrons. The van der Waals surface area contributed by atoms with Gasteiger partial charge < -0.3 is 14.9 Å². The molecule has 3 fully saturated rings. The van der Waals surface area contributed by atoms with Gasteiger partial charge in [0.05, 0.1) is 22.6 Å². The summed E-state index contributed by atoms with van der Waals surface area (Å²) in [7, 11) is 0. The lowest BCUT2D eigenvalue weighted by molar-refractivity contribution is -0.142. The van der Waals surface area contributed by atoms with Crippen LogP contribution in [0.25, 0.3) is 5.52 Å². The van der Waals surface area contributed by atoms with Crippen molar-refractivity contribution < 1.29 is 36.6 Å². The first-order valence-corrected chi connectivity index (χ1v) is 12.1. The maximum Gasteiger partial charge on any atom is 0.433 e. The van der Waals surface area contributed by atoms with Gasteiger partial charge in [0, 0.05) is 26.1 Å². The van der Waals surface area contributed by atoms with Gasteiger partial charge in [-0.3, -0.25) is 9.59 Å². The number of fused-ring (bicyclic) bond motifs is 1. The highest BCUT2D eigenvalue weighted by atomic mass is 35.5. The van der Waals surface area contributed by atoms with Crippen LogP contribution in [0.15, 0.2) is 12.1 Å². The summed E-state index contributed by atoms with van der Waals surface area (Å²) >= 11 is 6.27. The SMILES string of the molecule is O=C1CN(C(=O)c2nn3c(C(F)(F)F)cc(C4CC4(F)F)cc3c2Cl)CCN1CC1CCC(O)CC1. The maximum absolute atomic E-state index is 13.7. The monoisotopic (exact) mass is 534 g/mol. The van der Waals surface area contributed by atoms with Crippen LogP contribution in [0, 0.1) is 5.92 Å². The minimum absolute atomic E-state index is 0.149. The van der Waals surface area contributed by atoms with Gasteiger partial charge in [0.25, 0.3) is 11.8 Å². The van der Waals surface area contributed by atoms with Gasteiger partial charge >= 0.3 is 6.18 Å². The molecule has 5 rings (SSSR count). The Bertz CT molecular complexity index is 1210. The minimum atomic E-state index is -4.93. The maximum atomic E-state index is 13.7. The number of aromatic nitrogens is 2. The fourth-order valence-electron chi connectivity index (χ4n) is 5.12. The molecular formula is C23H24ClF5N4O3. The Morgan fingerprint density at radius 1 is 1.17 bits per heavy atom. The molecule has 0 spiro atoms. The molecule has 1 saturated heterocycles. The van der Waals surface area contributed by atoms with Gasteiger partial charge in [0.2, 0.25) is 5.91 Å². The number of carbonyl (C=O) groups is 2. The zero-order chi connectivity index (χ0) is 26.0. The number of aliphatic hydroxyl groups excluding tert-OH is 1. The van der Waals surface area contributed by atoms with E-state index in [2.05, 4.69) is 5.10 Å². The average Bonchev–Trinajstić information content (AvgIpc) is 3.33.